The Bertz CT molecular complexity index is 641. The summed E-state index contributed by atoms with van der Waals surface area (Å²) >= 11 is 0. The molecular formula is C18H23NO3. The molecule has 0 radical (unpaired) electrons. The van der Waals surface area contributed by atoms with E-state index in [1.54, 1.807) is 7.11 Å². The molecule has 1 aromatic rings. The number of carbonyl (C=O) groups is 1. The molecule has 0 aromatic heterocycles. The van der Waals surface area contributed by atoms with Gasteiger partial charge in [-0.25, -0.2) is 0 Å². The first-order valence-electron chi connectivity index (χ1n) is 8.18. The van der Waals surface area contributed by atoms with Gasteiger partial charge in [-0.15, -0.1) is 0 Å². The molecule has 2 bridgehead atoms. The second-order valence-corrected chi connectivity index (χ2v) is 7.17. The van der Waals surface area contributed by atoms with Crippen LogP contribution in [-0.4, -0.2) is 42.5 Å². The summed E-state index contributed by atoms with van der Waals surface area (Å²) in [6, 6.07) is 4.42. The van der Waals surface area contributed by atoms with Crippen molar-refractivity contribution >= 4 is 5.78 Å². The third-order valence-electron chi connectivity index (χ3n) is 6.27. The van der Waals surface area contributed by atoms with Crippen molar-refractivity contribution in [3.05, 3.63) is 23.3 Å². The van der Waals surface area contributed by atoms with Crippen LogP contribution in [-0.2, 0) is 16.6 Å². The molecule has 2 aliphatic carbocycles. The molecule has 118 valence electrons. The van der Waals surface area contributed by atoms with Crippen molar-refractivity contribution < 1.29 is 14.6 Å². The van der Waals surface area contributed by atoms with Crippen LogP contribution in [0.25, 0.3) is 0 Å². The van der Waals surface area contributed by atoms with Gasteiger partial charge in [0.15, 0.2) is 11.5 Å². The Balaban J connectivity index is 1.95. The number of hydrogen-bond acceptors (Lipinski definition) is 4. The first-order valence-corrected chi connectivity index (χ1v) is 8.18. The zero-order chi connectivity index (χ0) is 15.5. The maximum atomic E-state index is 12.2. The Labute approximate surface area is 131 Å². The number of piperidine rings is 1. The fraction of sp³-hybridized carbons (Fsp3) is 0.611. The molecule has 3 atom stereocenters. The zero-order valence-electron chi connectivity index (χ0n) is 13.3. The number of nitrogens with zero attached hydrogens (tertiary/aromatic N) is 1. The highest BCUT2D eigenvalue weighted by Gasteiger charge is 2.56. The van der Waals surface area contributed by atoms with Crippen molar-refractivity contribution in [2.75, 3.05) is 20.7 Å². The van der Waals surface area contributed by atoms with E-state index in [2.05, 4.69) is 18.0 Å². The smallest absolute Gasteiger partial charge is 0.161 e. The standard InChI is InChI=1S/C18H23NO3/c1-19-8-7-18-10-12(20)4-5-13(18)14(19)9-11-3-6-15(22-2)17(21)16(11)18/h3,6,13-14,21H,4-5,7-10H2,1-2H3/t13-,14+,18?/m1/s1. The number of fused-ring (bicyclic) bond motifs is 1. The van der Waals surface area contributed by atoms with Crippen LogP contribution in [0.2, 0.25) is 0 Å². The molecule has 1 N–H and O–H groups in total. The number of hydrogen-bond donors (Lipinski definition) is 1. The number of aromatic hydroxyl groups is 1. The number of likely N-dealkylation sites (N-methyl/N-ethyl adjacent to an activating group) is 1. The summed E-state index contributed by atoms with van der Waals surface area (Å²) in [7, 11) is 3.78. The summed E-state index contributed by atoms with van der Waals surface area (Å²) in [5, 5.41) is 10.8. The SMILES string of the molecule is COc1ccc2c(c1O)C13CCN(C)[C@@H](C2)[C@H]1CCC(=O)C3. The molecule has 1 aliphatic heterocycles. The highest BCUT2D eigenvalue weighted by atomic mass is 16.5. The molecule has 1 aromatic carbocycles. The van der Waals surface area contributed by atoms with E-state index < -0.39 is 0 Å². The summed E-state index contributed by atoms with van der Waals surface area (Å²) in [4.78, 5) is 14.7. The van der Waals surface area contributed by atoms with E-state index >= 15 is 0 Å². The number of carbonyl (C=O) groups excluding carboxylic acids is 1. The van der Waals surface area contributed by atoms with E-state index in [0.717, 1.165) is 31.4 Å². The number of phenols is 1. The fourth-order valence-electron chi connectivity index (χ4n) is 5.27. The summed E-state index contributed by atoms with van der Waals surface area (Å²) < 4.78 is 5.33. The highest BCUT2D eigenvalue weighted by molar-refractivity contribution is 5.82. The van der Waals surface area contributed by atoms with Crippen LogP contribution in [0.1, 0.15) is 36.8 Å². The van der Waals surface area contributed by atoms with Gasteiger partial charge in [-0.05, 0) is 50.4 Å². The number of phenolic OH excluding ortho intramolecular Hbond substituents is 1. The van der Waals surface area contributed by atoms with Gasteiger partial charge in [0, 0.05) is 29.9 Å². The van der Waals surface area contributed by atoms with Crippen LogP contribution >= 0.6 is 0 Å². The lowest BCUT2D eigenvalue weighted by Gasteiger charge is -2.58. The summed E-state index contributed by atoms with van der Waals surface area (Å²) in [6.07, 6.45) is 4.13. The zero-order valence-corrected chi connectivity index (χ0v) is 13.3. The molecule has 2 fully saturated rings. The van der Waals surface area contributed by atoms with Gasteiger partial charge in [-0.1, -0.05) is 6.07 Å². The Morgan fingerprint density at radius 3 is 3.00 bits per heavy atom. The summed E-state index contributed by atoms with van der Waals surface area (Å²) in [5.74, 6) is 1.61. The number of methoxy groups -OCH3 is 1. The number of likely N-dealkylation sites (tertiary alicyclic amines) is 1. The van der Waals surface area contributed by atoms with E-state index in [1.807, 2.05) is 6.07 Å². The molecule has 4 nitrogen and oxygen atoms in total. The number of benzene rings is 1. The largest absolute Gasteiger partial charge is 0.504 e. The Morgan fingerprint density at radius 2 is 2.23 bits per heavy atom. The minimum absolute atomic E-state index is 0.182. The van der Waals surface area contributed by atoms with E-state index in [0.29, 0.717) is 36.3 Å². The van der Waals surface area contributed by atoms with Crippen molar-refractivity contribution in [1.82, 2.24) is 4.90 Å². The molecule has 1 saturated heterocycles. The predicted octanol–water partition coefficient (Wildman–Crippen LogP) is 2.27. The molecule has 4 heteroatoms. The average molecular weight is 301 g/mol. The Kier molecular flexibility index (Phi) is 3.02. The van der Waals surface area contributed by atoms with Crippen molar-refractivity contribution in [3.63, 3.8) is 0 Å². The predicted molar refractivity (Wildman–Crippen MR) is 83.4 cm³/mol. The number of ether oxygens (including phenoxy) is 1. The van der Waals surface area contributed by atoms with Crippen LogP contribution in [0, 0.1) is 5.92 Å². The van der Waals surface area contributed by atoms with Crippen molar-refractivity contribution in [3.8, 4) is 11.5 Å². The lowest BCUT2D eigenvalue weighted by atomic mass is 9.52. The molecule has 22 heavy (non-hydrogen) atoms. The number of rotatable bonds is 1. The van der Waals surface area contributed by atoms with Crippen molar-refractivity contribution in [2.24, 2.45) is 5.92 Å². The average Bonchev–Trinajstić information content (AvgIpc) is 2.50. The van der Waals surface area contributed by atoms with Gasteiger partial charge >= 0.3 is 0 Å². The molecule has 0 spiro atoms. The van der Waals surface area contributed by atoms with Crippen LogP contribution in [0.5, 0.6) is 11.5 Å². The van der Waals surface area contributed by atoms with Gasteiger partial charge in [-0.3, -0.25) is 4.79 Å². The van der Waals surface area contributed by atoms with E-state index in [-0.39, 0.29) is 11.2 Å². The quantitative estimate of drug-likeness (QED) is 0.864. The first kappa shape index (κ1) is 14.1. The van der Waals surface area contributed by atoms with Crippen LogP contribution in [0.4, 0.5) is 0 Å². The Morgan fingerprint density at radius 1 is 1.41 bits per heavy atom. The van der Waals surface area contributed by atoms with E-state index in [1.165, 1.54) is 5.56 Å². The molecule has 4 rings (SSSR count). The van der Waals surface area contributed by atoms with Gasteiger partial charge in [0.1, 0.15) is 5.78 Å². The topological polar surface area (TPSA) is 49.8 Å². The van der Waals surface area contributed by atoms with Crippen LogP contribution in [0.15, 0.2) is 12.1 Å². The maximum Gasteiger partial charge on any atom is 0.161 e. The molecule has 1 saturated carbocycles. The second-order valence-electron chi connectivity index (χ2n) is 7.17. The Hall–Kier alpha value is -1.55. The monoisotopic (exact) mass is 301 g/mol. The number of Topliss-reactive ketones (excluding diaryl/α,β-unsaturated/α-hetero) is 1. The lowest BCUT2D eigenvalue weighted by molar-refractivity contribution is -0.126. The van der Waals surface area contributed by atoms with Crippen LogP contribution < -0.4 is 4.74 Å². The lowest BCUT2D eigenvalue weighted by Crippen LogP contribution is -2.60. The van der Waals surface area contributed by atoms with Crippen molar-refractivity contribution in [2.45, 2.75) is 43.6 Å². The summed E-state index contributed by atoms with van der Waals surface area (Å²) in [5.41, 5.74) is 2.02. The molecule has 0 amide bonds. The molecule has 1 heterocycles. The van der Waals surface area contributed by atoms with Gasteiger partial charge in [0.05, 0.1) is 7.11 Å². The normalized spacial score (nSPS) is 34.0. The van der Waals surface area contributed by atoms with Gasteiger partial charge in [0.25, 0.3) is 0 Å². The minimum Gasteiger partial charge on any atom is -0.504 e. The molecule has 3 aliphatic rings. The van der Waals surface area contributed by atoms with Crippen molar-refractivity contribution in [1.29, 1.82) is 0 Å². The van der Waals surface area contributed by atoms with E-state index in [4.69, 9.17) is 4.74 Å². The molecular weight excluding hydrogens is 278 g/mol. The van der Waals surface area contributed by atoms with Gasteiger partial charge in [0.2, 0.25) is 0 Å². The second kappa shape index (κ2) is 4.72. The summed E-state index contributed by atoms with van der Waals surface area (Å²) in [6.45, 7) is 0.991. The van der Waals surface area contributed by atoms with Gasteiger partial charge < -0.3 is 14.7 Å². The maximum absolute atomic E-state index is 12.2. The first-order chi connectivity index (χ1) is 10.6. The fourth-order valence-corrected chi connectivity index (χ4v) is 5.27. The third-order valence-corrected chi connectivity index (χ3v) is 6.27. The van der Waals surface area contributed by atoms with E-state index in [9.17, 15) is 9.90 Å². The van der Waals surface area contributed by atoms with Crippen LogP contribution in [0.3, 0.4) is 0 Å². The third kappa shape index (κ3) is 1.70. The van der Waals surface area contributed by atoms with Gasteiger partial charge in [-0.2, -0.15) is 0 Å². The molecule has 1 unspecified atom stereocenters. The number of ketones is 1. The minimum atomic E-state index is -0.182. The highest BCUT2D eigenvalue weighted by Crippen LogP contribution is 2.58.